The van der Waals surface area contributed by atoms with E-state index in [-0.39, 0.29) is 0 Å². The van der Waals surface area contributed by atoms with Crippen molar-refractivity contribution in [2.45, 2.75) is 6.92 Å². The van der Waals surface area contributed by atoms with E-state index in [2.05, 4.69) is 20.3 Å². The van der Waals surface area contributed by atoms with Crippen LogP contribution in [0.25, 0.3) is 16.8 Å². The molecule has 0 amide bonds. The predicted octanol–water partition coefficient (Wildman–Crippen LogP) is 1.30. The molecule has 0 aliphatic heterocycles. The van der Waals surface area contributed by atoms with Crippen molar-refractivity contribution >= 4 is 11.5 Å². The van der Waals surface area contributed by atoms with Crippen LogP contribution in [0.2, 0.25) is 0 Å². The number of fused-ring (bicyclic) bond motifs is 1. The molecular formula is C12H11N5O2. The summed E-state index contributed by atoms with van der Waals surface area (Å²) in [6.45, 7) is 2.09. The number of hydrogen-bond donors (Lipinski definition) is 1. The van der Waals surface area contributed by atoms with Gasteiger partial charge in [-0.3, -0.25) is 10.1 Å². The Morgan fingerprint density at radius 1 is 1.42 bits per heavy atom. The molecule has 96 valence electrons. The molecule has 0 spiro atoms. The van der Waals surface area contributed by atoms with Crippen molar-refractivity contribution in [2.75, 3.05) is 6.61 Å². The van der Waals surface area contributed by atoms with Gasteiger partial charge in [0.15, 0.2) is 0 Å². The van der Waals surface area contributed by atoms with Crippen LogP contribution in [0.1, 0.15) is 17.3 Å². The van der Waals surface area contributed by atoms with Crippen LogP contribution in [0.3, 0.4) is 0 Å². The van der Waals surface area contributed by atoms with E-state index >= 15 is 0 Å². The first kappa shape index (κ1) is 11.4. The van der Waals surface area contributed by atoms with Gasteiger partial charge < -0.3 is 4.74 Å². The zero-order chi connectivity index (χ0) is 13.2. The summed E-state index contributed by atoms with van der Waals surface area (Å²) in [6, 6.07) is 0. The van der Waals surface area contributed by atoms with Gasteiger partial charge in [-0.15, -0.1) is 0 Å². The molecular weight excluding hydrogens is 246 g/mol. The molecule has 1 N–H and O–H groups in total. The summed E-state index contributed by atoms with van der Waals surface area (Å²) >= 11 is 0. The summed E-state index contributed by atoms with van der Waals surface area (Å²) < 4.78 is 6.56. The number of carbonyl (C=O) groups excluding carboxylic acids is 1. The quantitative estimate of drug-likeness (QED) is 0.715. The molecule has 0 saturated heterocycles. The average molecular weight is 257 g/mol. The molecule has 0 saturated carbocycles. The van der Waals surface area contributed by atoms with Crippen LogP contribution in [0.5, 0.6) is 0 Å². The molecule has 0 radical (unpaired) electrons. The molecule has 19 heavy (non-hydrogen) atoms. The Morgan fingerprint density at radius 2 is 2.32 bits per heavy atom. The normalized spacial score (nSPS) is 10.8. The van der Waals surface area contributed by atoms with Crippen LogP contribution < -0.4 is 0 Å². The van der Waals surface area contributed by atoms with Gasteiger partial charge in [0.05, 0.1) is 42.6 Å². The van der Waals surface area contributed by atoms with Gasteiger partial charge in [0, 0.05) is 11.8 Å². The van der Waals surface area contributed by atoms with Crippen molar-refractivity contribution in [3.8, 4) is 11.3 Å². The lowest BCUT2D eigenvalue weighted by atomic mass is 10.2. The molecule has 7 heteroatoms. The second kappa shape index (κ2) is 4.52. The predicted molar refractivity (Wildman–Crippen MR) is 66.5 cm³/mol. The van der Waals surface area contributed by atoms with Crippen molar-refractivity contribution in [1.29, 1.82) is 0 Å². The van der Waals surface area contributed by atoms with Crippen LogP contribution in [0, 0.1) is 0 Å². The second-order valence-electron chi connectivity index (χ2n) is 3.87. The zero-order valence-electron chi connectivity index (χ0n) is 10.2. The molecule has 3 aromatic heterocycles. The lowest BCUT2D eigenvalue weighted by Gasteiger charge is -2.00. The molecule has 3 rings (SSSR count). The highest BCUT2D eigenvalue weighted by Crippen LogP contribution is 2.17. The van der Waals surface area contributed by atoms with Crippen molar-refractivity contribution in [3.05, 3.63) is 36.5 Å². The minimum atomic E-state index is -0.393. The third kappa shape index (κ3) is 1.95. The van der Waals surface area contributed by atoms with Crippen molar-refractivity contribution < 1.29 is 9.53 Å². The summed E-state index contributed by atoms with van der Waals surface area (Å²) in [5, 5.41) is 10.7. The van der Waals surface area contributed by atoms with Crippen LogP contribution in [-0.2, 0) is 4.74 Å². The van der Waals surface area contributed by atoms with Crippen LogP contribution in [0.15, 0.2) is 31.0 Å². The molecule has 0 aromatic carbocycles. The van der Waals surface area contributed by atoms with Crippen molar-refractivity contribution in [1.82, 2.24) is 24.8 Å². The Balaban J connectivity index is 2.05. The molecule has 0 fully saturated rings. The van der Waals surface area contributed by atoms with Gasteiger partial charge >= 0.3 is 5.97 Å². The van der Waals surface area contributed by atoms with Gasteiger partial charge in [-0.25, -0.2) is 9.31 Å². The second-order valence-corrected chi connectivity index (χ2v) is 3.87. The zero-order valence-corrected chi connectivity index (χ0v) is 10.2. The third-order valence-corrected chi connectivity index (χ3v) is 2.69. The van der Waals surface area contributed by atoms with Crippen molar-refractivity contribution in [3.63, 3.8) is 0 Å². The van der Waals surface area contributed by atoms with Crippen molar-refractivity contribution in [2.24, 2.45) is 0 Å². The fourth-order valence-corrected chi connectivity index (χ4v) is 1.79. The van der Waals surface area contributed by atoms with Gasteiger partial charge in [0.2, 0.25) is 0 Å². The molecule has 0 aliphatic rings. The first-order valence-corrected chi connectivity index (χ1v) is 5.79. The molecule has 7 nitrogen and oxygen atoms in total. The van der Waals surface area contributed by atoms with Crippen LogP contribution in [-0.4, -0.2) is 37.4 Å². The number of nitrogens with one attached hydrogen (secondary N) is 1. The monoisotopic (exact) mass is 257 g/mol. The average Bonchev–Trinajstić information content (AvgIpc) is 3.07. The number of nitrogens with zero attached hydrogens (tertiary/aromatic N) is 4. The minimum absolute atomic E-state index is 0.330. The van der Waals surface area contributed by atoms with E-state index in [9.17, 15) is 4.79 Å². The first-order chi connectivity index (χ1) is 9.29. The highest BCUT2D eigenvalue weighted by atomic mass is 16.5. The number of aromatic amines is 1. The molecule has 3 heterocycles. The molecule has 0 atom stereocenters. The Kier molecular flexibility index (Phi) is 2.71. The van der Waals surface area contributed by atoms with Gasteiger partial charge in [0.1, 0.15) is 5.56 Å². The maximum atomic E-state index is 11.7. The number of esters is 1. The van der Waals surface area contributed by atoms with Gasteiger partial charge in [0.25, 0.3) is 0 Å². The maximum absolute atomic E-state index is 11.7. The smallest absolute Gasteiger partial charge is 0.342 e. The largest absolute Gasteiger partial charge is 0.462 e. The van der Waals surface area contributed by atoms with Crippen LogP contribution >= 0.6 is 0 Å². The van der Waals surface area contributed by atoms with Gasteiger partial charge in [-0.1, -0.05) is 0 Å². The SMILES string of the molecule is CCOC(=O)c1cnn2cc(-c3cn[nH]c3)ncc12. The van der Waals surface area contributed by atoms with E-state index in [1.54, 1.807) is 36.2 Å². The number of carbonyl (C=O) groups is 1. The fraction of sp³-hybridized carbons (Fsp3) is 0.167. The summed E-state index contributed by atoms with van der Waals surface area (Å²) in [5.41, 5.74) is 2.61. The van der Waals surface area contributed by atoms with Gasteiger partial charge in [-0.2, -0.15) is 10.2 Å². The van der Waals surface area contributed by atoms with Crippen LogP contribution in [0.4, 0.5) is 0 Å². The lowest BCUT2D eigenvalue weighted by molar-refractivity contribution is 0.0528. The standard InChI is InChI=1S/C12H11N5O2/c1-2-19-12(18)9-5-16-17-7-10(13-6-11(9)17)8-3-14-15-4-8/h3-7H,2H2,1H3,(H,14,15). The van der Waals surface area contributed by atoms with E-state index < -0.39 is 5.97 Å². The molecule has 0 unspecified atom stereocenters. The van der Waals surface area contributed by atoms with E-state index in [0.717, 1.165) is 11.3 Å². The molecule has 0 aliphatic carbocycles. The Morgan fingerprint density at radius 3 is 3.05 bits per heavy atom. The fourth-order valence-electron chi connectivity index (χ4n) is 1.79. The maximum Gasteiger partial charge on any atom is 0.342 e. The summed E-state index contributed by atoms with van der Waals surface area (Å²) in [7, 11) is 0. The number of aromatic nitrogens is 5. The topological polar surface area (TPSA) is 85.2 Å². The van der Waals surface area contributed by atoms with E-state index in [1.165, 1.54) is 6.20 Å². The Hall–Kier alpha value is -2.70. The first-order valence-electron chi connectivity index (χ1n) is 5.79. The van der Waals surface area contributed by atoms with E-state index in [1.807, 2.05) is 0 Å². The third-order valence-electron chi connectivity index (χ3n) is 2.69. The minimum Gasteiger partial charge on any atom is -0.462 e. The number of rotatable bonds is 3. The number of hydrogen-bond acceptors (Lipinski definition) is 5. The number of H-pyrrole nitrogens is 1. The highest BCUT2D eigenvalue weighted by molar-refractivity contribution is 5.96. The highest BCUT2D eigenvalue weighted by Gasteiger charge is 2.14. The number of ether oxygens (including phenoxy) is 1. The van der Waals surface area contributed by atoms with E-state index in [4.69, 9.17) is 4.74 Å². The summed E-state index contributed by atoms with van der Waals surface area (Å²) in [5.74, 6) is -0.393. The van der Waals surface area contributed by atoms with Gasteiger partial charge in [-0.05, 0) is 6.92 Å². The lowest BCUT2D eigenvalue weighted by Crippen LogP contribution is -2.04. The summed E-state index contributed by atoms with van der Waals surface area (Å²) in [4.78, 5) is 16.0. The van der Waals surface area contributed by atoms with E-state index in [0.29, 0.717) is 17.7 Å². The Bertz CT molecular complexity index is 717. The molecule has 3 aromatic rings. The molecule has 0 bridgehead atoms. The Labute approximate surface area is 108 Å². The summed E-state index contributed by atoms with van der Waals surface area (Å²) in [6.07, 6.45) is 8.23.